The molecule has 0 heterocycles. The molecule has 0 radical (unpaired) electrons. The summed E-state index contributed by atoms with van der Waals surface area (Å²) in [5.41, 5.74) is 3.28. The lowest BCUT2D eigenvalue weighted by Crippen LogP contribution is -2.14. The van der Waals surface area contributed by atoms with E-state index in [-0.39, 0.29) is 11.8 Å². The van der Waals surface area contributed by atoms with Gasteiger partial charge in [0, 0.05) is 27.5 Å². The Bertz CT molecular complexity index is 938. The van der Waals surface area contributed by atoms with Gasteiger partial charge in [-0.25, -0.2) is 0 Å². The monoisotopic (exact) mass is 364 g/mol. The van der Waals surface area contributed by atoms with Gasteiger partial charge in [0.25, 0.3) is 11.8 Å². The van der Waals surface area contributed by atoms with Crippen LogP contribution in [0.4, 0.5) is 11.4 Å². The molecule has 0 unspecified atom stereocenters. The number of halogens is 1. The van der Waals surface area contributed by atoms with Crippen LogP contribution < -0.4 is 10.6 Å². The highest BCUT2D eigenvalue weighted by Gasteiger charge is 2.10. The predicted molar refractivity (Wildman–Crippen MR) is 105 cm³/mol. The number of carbonyl (C=O) groups excluding carboxylic acids is 2. The molecule has 3 rings (SSSR count). The maximum absolute atomic E-state index is 12.4. The van der Waals surface area contributed by atoms with Crippen molar-refractivity contribution in [3.63, 3.8) is 0 Å². The number of hydrogen-bond acceptors (Lipinski definition) is 2. The standard InChI is InChI=1S/C21H17ClN2O2/c1-14-7-10-17(22)13-19(14)24-21(26)16-8-11-18(12-9-16)23-20(25)15-5-3-2-4-6-15/h2-13H,1H3,(H,23,25)(H,24,26). The Kier molecular flexibility index (Phi) is 5.34. The Morgan fingerprint density at radius 1 is 0.769 bits per heavy atom. The van der Waals surface area contributed by atoms with E-state index in [0.29, 0.717) is 27.5 Å². The highest BCUT2D eigenvalue weighted by Crippen LogP contribution is 2.21. The van der Waals surface area contributed by atoms with Crippen LogP contribution in [0.1, 0.15) is 26.3 Å². The first-order chi connectivity index (χ1) is 12.5. The highest BCUT2D eigenvalue weighted by molar-refractivity contribution is 6.31. The first-order valence-corrected chi connectivity index (χ1v) is 8.45. The summed E-state index contributed by atoms with van der Waals surface area (Å²) in [6, 6.07) is 21.0. The minimum atomic E-state index is -0.240. The Hall–Kier alpha value is -3.11. The predicted octanol–water partition coefficient (Wildman–Crippen LogP) is 5.15. The number of amides is 2. The number of nitrogens with one attached hydrogen (secondary N) is 2. The third-order valence-electron chi connectivity index (χ3n) is 3.89. The largest absolute Gasteiger partial charge is 0.322 e. The quantitative estimate of drug-likeness (QED) is 0.672. The van der Waals surface area contributed by atoms with E-state index in [1.54, 1.807) is 60.7 Å². The normalized spacial score (nSPS) is 10.2. The van der Waals surface area contributed by atoms with Crippen LogP contribution >= 0.6 is 11.6 Å². The second-order valence-corrected chi connectivity index (χ2v) is 6.25. The summed E-state index contributed by atoms with van der Waals surface area (Å²) in [5.74, 6) is -0.436. The summed E-state index contributed by atoms with van der Waals surface area (Å²) in [5, 5.41) is 6.21. The molecular formula is C21H17ClN2O2. The minimum Gasteiger partial charge on any atom is -0.322 e. The summed E-state index contributed by atoms with van der Waals surface area (Å²) < 4.78 is 0. The maximum atomic E-state index is 12.4. The Morgan fingerprint density at radius 2 is 1.38 bits per heavy atom. The van der Waals surface area contributed by atoms with Crippen LogP contribution in [0.3, 0.4) is 0 Å². The molecule has 26 heavy (non-hydrogen) atoms. The lowest BCUT2D eigenvalue weighted by atomic mass is 10.1. The van der Waals surface area contributed by atoms with Crippen molar-refractivity contribution in [1.29, 1.82) is 0 Å². The molecule has 2 N–H and O–H groups in total. The molecule has 130 valence electrons. The van der Waals surface area contributed by atoms with Gasteiger partial charge in [0.15, 0.2) is 0 Å². The van der Waals surface area contributed by atoms with Crippen LogP contribution in [-0.4, -0.2) is 11.8 Å². The van der Waals surface area contributed by atoms with Crippen molar-refractivity contribution in [2.24, 2.45) is 0 Å². The smallest absolute Gasteiger partial charge is 0.255 e. The van der Waals surface area contributed by atoms with Crippen molar-refractivity contribution in [2.45, 2.75) is 6.92 Å². The second kappa shape index (κ2) is 7.85. The van der Waals surface area contributed by atoms with Gasteiger partial charge in [0.2, 0.25) is 0 Å². The Labute approximate surface area is 156 Å². The zero-order chi connectivity index (χ0) is 18.5. The summed E-state index contributed by atoms with van der Waals surface area (Å²) >= 11 is 5.97. The number of benzene rings is 3. The Balaban J connectivity index is 1.68. The molecule has 3 aromatic rings. The van der Waals surface area contributed by atoms with Gasteiger partial charge in [-0.3, -0.25) is 9.59 Å². The first-order valence-electron chi connectivity index (χ1n) is 8.07. The van der Waals surface area contributed by atoms with Crippen molar-refractivity contribution in [3.05, 3.63) is 94.5 Å². The summed E-state index contributed by atoms with van der Waals surface area (Å²) in [6.45, 7) is 1.90. The van der Waals surface area contributed by atoms with Crippen molar-refractivity contribution >= 4 is 34.8 Å². The molecular weight excluding hydrogens is 348 g/mol. The summed E-state index contributed by atoms with van der Waals surface area (Å²) in [7, 11) is 0. The summed E-state index contributed by atoms with van der Waals surface area (Å²) in [6.07, 6.45) is 0. The van der Waals surface area contributed by atoms with Gasteiger partial charge in [0.1, 0.15) is 0 Å². The molecule has 0 spiro atoms. The van der Waals surface area contributed by atoms with Crippen molar-refractivity contribution in [2.75, 3.05) is 10.6 Å². The topological polar surface area (TPSA) is 58.2 Å². The molecule has 4 nitrogen and oxygen atoms in total. The number of hydrogen-bond donors (Lipinski definition) is 2. The van der Waals surface area contributed by atoms with E-state index in [4.69, 9.17) is 11.6 Å². The zero-order valence-electron chi connectivity index (χ0n) is 14.1. The molecule has 3 aromatic carbocycles. The molecule has 0 aliphatic rings. The molecule has 0 aliphatic carbocycles. The molecule has 0 atom stereocenters. The van der Waals surface area contributed by atoms with E-state index in [0.717, 1.165) is 5.56 Å². The maximum Gasteiger partial charge on any atom is 0.255 e. The van der Waals surface area contributed by atoms with Gasteiger partial charge in [-0.1, -0.05) is 35.9 Å². The molecule has 0 bridgehead atoms. The van der Waals surface area contributed by atoms with E-state index >= 15 is 0 Å². The van der Waals surface area contributed by atoms with E-state index < -0.39 is 0 Å². The molecule has 0 aromatic heterocycles. The van der Waals surface area contributed by atoms with Crippen LogP contribution in [0.5, 0.6) is 0 Å². The Morgan fingerprint density at radius 3 is 2.08 bits per heavy atom. The highest BCUT2D eigenvalue weighted by atomic mass is 35.5. The van der Waals surface area contributed by atoms with Gasteiger partial charge in [-0.05, 0) is 61.0 Å². The van der Waals surface area contributed by atoms with Crippen molar-refractivity contribution < 1.29 is 9.59 Å². The van der Waals surface area contributed by atoms with Crippen LogP contribution in [-0.2, 0) is 0 Å². The lowest BCUT2D eigenvalue weighted by Gasteiger charge is -2.10. The molecule has 2 amide bonds. The lowest BCUT2D eigenvalue weighted by molar-refractivity contribution is 0.102. The number of aryl methyl sites for hydroxylation is 1. The fraction of sp³-hybridized carbons (Fsp3) is 0.0476. The number of carbonyl (C=O) groups is 2. The van der Waals surface area contributed by atoms with Crippen LogP contribution in [0.2, 0.25) is 5.02 Å². The average Bonchev–Trinajstić information content (AvgIpc) is 2.66. The van der Waals surface area contributed by atoms with Crippen LogP contribution in [0.25, 0.3) is 0 Å². The fourth-order valence-electron chi connectivity index (χ4n) is 2.42. The molecule has 0 aliphatic heterocycles. The van der Waals surface area contributed by atoms with Gasteiger partial charge in [-0.15, -0.1) is 0 Å². The number of anilines is 2. The average molecular weight is 365 g/mol. The van der Waals surface area contributed by atoms with E-state index in [1.165, 1.54) is 0 Å². The molecule has 0 saturated carbocycles. The SMILES string of the molecule is Cc1ccc(Cl)cc1NC(=O)c1ccc(NC(=O)c2ccccc2)cc1. The van der Waals surface area contributed by atoms with Crippen LogP contribution in [0, 0.1) is 6.92 Å². The van der Waals surface area contributed by atoms with Gasteiger partial charge >= 0.3 is 0 Å². The summed E-state index contributed by atoms with van der Waals surface area (Å²) in [4.78, 5) is 24.5. The third-order valence-corrected chi connectivity index (χ3v) is 4.12. The van der Waals surface area contributed by atoms with Crippen molar-refractivity contribution in [1.82, 2.24) is 0 Å². The third kappa shape index (κ3) is 4.29. The van der Waals surface area contributed by atoms with Crippen LogP contribution in [0.15, 0.2) is 72.8 Å². The molecule has 0 fully saturated rings. The molecule has 0 saturated heterocycles. The van der Waals surface area contributed by atoms with E-state index in [1.807, 2.05) is 19.1 Å². The fourth-order valence-corrected chi connectivity index (χ4v) is 2.59. The van der Waals surface area contributed by atoms with Gasteiger partial charge in [-0.2, -0.15) is 0 Å². The second-order valence-electron chi connectivity index (χ2n) is 5.81. The van der Waals surface area contributed by atoms with E-state index in [2.05, 4.69) is 10.6 Å². The van der Waals surface area contributed by atoms with E-state index in [9.17, 15) is 9.59 Å². The van der Waals surface area contributed by atoms with Crippen molar-refractivity contribution in [3.8, 4) is 0 Å². The van der Waals surface area contributed by atoms with Gasteiger partial charge < -0.3 is 10.6 Å². The number of rotatable bonds is 4. The zero-order valence-corrected chi connectivity index (χ0v) is 14.9. The first kappa shape index (κ1) is 17.7. The van der Waals surface area contributed by atoms with Gasteiger partial charge in [0.05, 0.1) is 0 Å². The molecule has 5 heteroatoms. The minimum absolute atomic E-state index is 0.197.